The molecule has 0 radical (unpaired) electrons. The molecule has 2 amide bonds. The topological polar surface area (TPSA) is 54.3 Å². The Kier molecular flexibility index (Phi) is 6.37. The molecular formula is C36H45N3O2. The summed E-state index contributed by atoms with van der Waals surface area (Å²) in [6, 6.07) is 15.7. The second-order valence-corrected chi connectivity index (χ2v) is 14.1. The third-order valence-corrected chi connectivity index (χ3v) is 11.8. The molecule has 1 aliphatic heterocycles. The Bertz CT molecular complexity index is 1480. The van der Waals surface area contributed by atoms with Crippen LogP contribution in [0.3, 0.4) is 0 Å². The number of nitrogens with zero attached hydrogens (tertiary/aromatic N) is 2. The van der Waals surface area contributed by atoms with Gasteiger partial charge in [0.15, 0.2) is 0 Å². The molecule has 4 aliphatic carbocycles. The summed E-state index contributed by atoms with van der Waals surface area (Å²) in [5.41, 5.74) is 5.37. The Morgan fingerprint density at radius 3 is 2.24 bits per heavy atom. The number of fused-ring (bicyclic) bond motifs is 2. The van der Waals surface area contributed by atoms with Crippen molar-refractivity contribution in [1.82, 2.24) is 14.8 Å². The highest BCUT2D eigenvalue weighted by Gasteiger charge is 2.54. The van der Waals surface area contributed by atoms with Crippen LogP contribution >= 0.6 is 0 Å². The Labute approximate surface area is 244 Å². The second-order valence-electron chi connectivity index (χ2n) is 14.1. The minimum Gasteiger partial charge on any atom is -0.351 e. The molecular weight excluding hydrogens is 506 g/mol. The molecule has 2 aromatic carbocycles. The molecule has 8 rings (SSSR count). The van der Waals surface area contributed by atoms with Gasteiger partial charge in [0.25, 0.3) is 5.91 Å². The maximum Gasteiger partial charge on any atom is 0.255 e. The Hall–Kier alpha value is -3.08. The quantitative estimate of drug-likeness (QED) is 0.339. The minimum absolute atomic E-state index is 0.0200. The lowest BCUT2D eigenvalue weighted by molar-refractivity contribution is -0.132. The van der Waals surface area contributed by atoms with Crippen LogP contribution in [0.4, 0.5) is 0 Å². The van der Waals surface area contributed by atoms with Gasteiger partial charge in [-0.2, -0.15) is 0 Å². The molecule has 4 fully saturated rings. The van der Waals surface area contributed by atoms with Gasteiger partial charge in [0.2, 0.25) is 5.91 Å². The van der Waals surface area contributed by atoms with Crippen LogP contribution in [0.2, 0.25) is 0 Å². The van der Waals surface area contributed by atoms with Gasteiger partial charge in [-0.1, -0.05) is 56.7 Å². The van der Waals surface area contributed by atoms with Crippen LogP contribution in [0.5, 0.6) is 0 Å². The van der Waals surface area contributed by atoms with Crippen LogP contribution in [0.25, 0.3) is 10.9 Å². The van der Waals surface area contributed by atoms with Gasteiger partial charge in [0.05, 0.1) is 6.04 Å². The molecule has 3 aromatic rings. The largest absolute Gasteiger partial charge is 0.351 e. The molecule has 5 heteroatoms. The summed E-state index contributed by atoms with van der Waals surface area (Å²) in [5, 5.41) is 4.72. The van der Waals surface area contributed by atoms with Crippen LogP contribution in [-0.4, -0.2) is 33.4 Å². The summed E-state index contributed by atoms with van der Waals surface area (Å²) in [7, 11) is 2.10. The maximum absolute atomic E-state index is 14.6. The van der Waals surface area contributed by atoms with Crippen molar-refractivity contribution in [2.24, 2.45) is 36.1 Å². The van der Waals surface area contributed by atoms with E-state index >= 15 is 0 Å². The van der Waals surface area contributed by atoms with Gasteiger partial charge >= 0.3 is 0 Å². The zero-order valence-electron chi connectivity index (χ0n) is 25.3. The molecule has 0 saturated heterocycles. The summed E-state index contributed by atoms with van der Waals surface area (Å²) in [6.45, 7) is 8.68. The summed E-state index contributed by atoms with van der Waals surface area (Å²) >= 11 is 0. The van der Waals surface area contributed by atoms with Gasteiger partial charge < -0.3 is 14.8 Å². The first-order chi connectivity index (χ1) is 19.7. The third-order valence-electron chi connectivity index (χ3n) is 11.8. The maximum atomic E-state index is 14.6. The summed E-state index contributed by atoms with van der Waals surface area (Å²) in [6.07, 6.45) is 8.75. The number of para-hydroxylation sites is 1. The van der Waals surface area contributed by atoms with Gasteiger partial charge in [-0.3, -0.25) is 9.59 Å². The number of carbonyl (C=O) groups excluding carboxylic acids is 2. The van der Waals surface area contributed by atoms with Crippen LogP contribution in [0.1, 0.15) is 98.9 Å². The van der Waals surface area contributed by atoms with E-state index in [4.69, 9.17) is 0 Å². The predicted molar refractivity (Wildman–Crippen MR) is 164 cm³/mol. The number of hydrogen-bond donors (Lipinski definition) is 1. The SMILES string of the molecule is CCC(C)C(C(=O)NC(C)C12CC3CC(CC(C3)C1)C2)N1C(=O)c2ccccc2C1c1c(C)n(C)c2ccccc12. The van der Waals surface area contributed by atoms with Crippen molar-refractivity contribution < 1.29 is 9.59 Å². The Morgan fingerprint density at radius 1 is 0.976 bits per heavy atom. The van der Waals surface area contributed by atoms with E-state index in [-0.39, 0.29) is 35.2 Å². The van der Waals surface area contributed by atoms with E-state index in [1.165, 1.54) is 38.5 Å². The fourth-order valence-electron chi connectivity index (χ4n) is 9.86. The van der Waals surface area contributed by atoms with Crippen molar-refractivity contribution in [3.63, 3.8) is 0 Å². The first-order valence-corrected chi connectivity index (χ1v) is 16.0. The average molecular weight is 552 g/mol. The summed E-state index contributed by atoms with van der Waals surface area (Å²) in [5.74, 6) is 2.51. The Morgan fingerprint density at radius 2 is 1.59 bits per heavy atom. The highest BCUT2D eigenvalue weighted by Crippen LogP contribution is 2.61. The van der Waals surface area contributed by atoms with Gasteiger partial charge in [-0.05, 0) is 99.2 Å². The van der Waals surface area contributed by atoms with Crippen molar-refractivity contribution in [1.29, 1.82) is 0 Å². The number of aryl methyl sites for hydroxylation is 1. The number of benzene rings is 2. The first-order valence-electron chi connectivity index (χ1n) is 16.0. The number of aromatic nitrogens is 1. The molecule has 1 aromatic heterocycles. The third kappa shape index (κ3) is 4.01. The molecule has 2 heterocycles. The normalized spacial score (nSPS) is 30.5. The predicted octanol–water partition coefficient (Wildman–Crippen LogP) is 7.17. The standard InChI is InChI=1S/C36H45N3O2/c1-6-21(2)32(34(40)37-23(4)36-18-24-15-25(19-36)17-26(16-24)20-36)39-33(27-11-7-8-12-28(27)35(39)41)31-22(3)38(5)30-14-10-9-13-29(30)31/h7-14,21,23-26,32-33H,6,15-20H2,1-5H3,(H,37,40). The van der Waals surface area contributed by atoms with Crippen molar-refractivity contribution in [2.45, 2.75) is 90.8 Å². The number of nitrogens with one attached hydrogen (secondary N) is 1. The van der Waals surface area contributed by atoms with Crippen molar-refractivity contribution in [3.8, 4) is 0 Å². The molecule has 0 spiro atoms. The second kappa shape index (κ2) is 9.74. The first kappa shape index (κ1) is 26.8. The van der Waals surface area contributed by atoms with Crippen LogP contribution < -0.4 is 5.32 Å². The van der Waals surface area contributed by atoms with Crippen LogP contribution in [0.15, 0.2) is 48.5 Å². The van der Waals surface area contributed by atoms with E-state index in [9.17, 15) is 9.59 Å². The van der Waals surface area contributed by atoms with E-state index in [0.29, 0.717) is 0 Å². The number of rotatable bonds is 7. The monoisotopic (exact) mass is 551 g/mol. The van der Waals surface area contributed by atoms with Gasteiger partial charge in [0, 0.05) is 40.8 Å². The molecule has 1 N–H and O–H groups in total. The van der Waals surface area contributed by atoms with Gasteiger partial charge in [-0.25, -0.2) is 0 Å². The molecule has 5 nitrogen and oxygen atoms in total. The molecule has 4 atom stereocenters. The van der Waals surface area contributed by atoms with Gasteiger partial charge in [0.1, 0.15) is 6.04 Å². The zero-order valence-corrected chi connectivity index (χ0v) is 25.3. The van der Waals surface area contributed by atoms with Crippen molar-refractivity contribution >= 4 is 22.7 Å². The fraction of sp³-hybridized carbons (Fsp3) is 0.556. The molecule has 4 bridgehead atoms. The average Bonchev–Trinajstić information content (AvgIpc) is 3.37. The summed E-state index contributed by atoms with van der Waals surface area (Å²) < 4.78 is 2.22. The number of carbonyl (C=O) groups is 2. The lowest BCUT2D eigenvalue weighted by atomic mass is 9.48. The van der Waals surface area contributed by atoms with Crippen molar-refractivity contribution in [2.75, 3.05) is 0 Å². The number of amides is 2. The molecule has 41 heavy (non-hydrogen) atoms. The molecule has 4 unspecified atom stereocenters. The van der Waals surface area contributed by atoms with Crippen molar-refractivity contribution in [3.05, 3.63) is 70.9 Å². The highest BCUT2D eigenvalue weighted by atomic mass is 16.2. The zero-order chi connectivity index (χ0) is 28.6. The molecule has 4 saturated carbocycles. The highest BCUT2D eigenvalue weighted by molar-refractivity contribution is 6.03. The van der Waals surface area contributed by atoms with Crippen LogP contribution in [-0.2, 0) is 11.8 Å². The molecule has 5 aliphatic rings. The van der Waals surface area contributed by atoms with E-state index in [1.807, 2.05) is 23.1 Å². The van der Waals surface area contributed by atoms with E-state index < -0.39 is 6.04 Å². The fourth-order valence-corrected chi connectivity index (χ4v) is 9.86. The smallest absolute Gasteiger partial charge is 0.255 e. The van der Waals surface area contributed by atoms with Gasteiger partial charge in [-0.15, -0.1) is 0 Å². The van der Waals surface area contributed by atoms with E-state index in [0.717, 1.165) is 57.5 Å². The Balaban J connectivity index is 1.29. The summed E-state index contributed by atoms with van der Waals surface area (Å²) in [4.78, 5) is 30.9. The van der Waals surface area contributed by atoms with E-state index in [1.54, 1.807) is 0 Å². The number of hydrogen-bond acceptors (Lipinski definition) is 2. The lowest BCUT2D eigenvalue weighted by Gasteiger charge is -2.59. The van der Waals surface area contributed by atoms with E-state index in [2.05, 4.69) is 75.0 Å². The lowest BCUT2D eigenvalue weighted by Crippen LogP contribution is -2.59. The molecule has 216 valence electrons. The van der Waals surface area contributed by atoms with Crippen LogP contribution in [0, 0.1) is 36.0 Å². The minimum atomic E-state index is -0.542.